The lowest BCUT2D eigenvalue weighted by atomic mass is 10.2. The lowest BCUT2D eigenvalue weighted by Gasteiger charge is -2.13. The average molecular weight is 411 g/mol. The van der Waals surface area contributed by atoms with Crippen LogP contribution < -0.4 is 5.32 Å². The van der Waals surface area contributed by atoms with Crippen LogP contribution in [0.5, 0.6) is 0 Å². The summed E-state index contributed by atoms with van der Waals surface area (Å²) in [6.07, 6.45) is -3.16. The Morgan fingerprint density at radius 1 is 1.21 bits per heavy atom. The zero-order chi connectivity index (χ0) is 20.6. The smallest absolute Gasteiger partial charge is 0.356 e. The standard InChI is InChI=1S/C18H14ClF3N4O2/c1-9-5-16(24-17(28)14-6-11(8-23-14)10(2)27)26(25-9)15-7-12(18(20,21)22)3-4-13(15)19/h3-8,23H,1-2H3,(H,24,28). The average Bonchev–Trinajstić information content (AvgIpc) is 3.21. The minimum Gasteiger partial charge on any atom is -0.356 e. The summed E-state index contributed by atoms with van der Waals surface area (Å²) in [4.78, 5) is 26.5. The number of aromatic nitrogens is 3. The molecule has 0 atom stereocenters. The van der Waals surface area contributed by atoms with Crippen LogP contribution in [0.25, 0.3) is 5.69 Å². The number of alkyl halides is 3. The van der Waals surface area contributed by atoms with E-state index in [1.54, 1.807) is 6.92 Å². The van der Waals surface area contributed by atoms with Crippen molar-refractivity contribution in [3.05, 3.63) is 64.1 Å². The van der Waals surface area contributed by atoms with Gasteiger partial charge in [-0.15, -0.1) is 0 Å². The van der Waals surface area contributed by atoms with Gasteiger partial charge in [-0.05, 0) is 38.1 Å². The normalized spacial score (nSPS) is 11.5. The van der Waals surface area contributed by atoms with Crippen molar-refractivity contribution in [2.45, 2.75) is 20.0 Å². The fraction of sp³-hybridized carbons (Fsp3) is 0.167. The van der Waals surface area contributed by atoms with Gasteiger partial charge in [-0.3, -0.25) is 9.59 Å². The van der Waals surface area contributed by atoms with Gasteiger partial charge in [0, 0.05) is 17.8 Å². The van der Waals surface area contributed by atoms with Gasteiger partial charge in [0.05, 0.1) is 22.0 Å². The minimum atomic E-state index is -4.56. The van der Waals surface area contributed by atoms with Crippen molar-refractivity contribution in [3.8, 4) is 5.69 Å². The molecule has 10 heteroatoms. The second-order valence-electron chi connectivity index (χ2n) is 6.06. The summed E-state index contributed by atoms with van der Waals surface area (Å²) in [5, 5.41) is 6.73. The van der Waals surface area contributed by atoms with Crippen molar-refractivity contribution in [1.29, 1.82) is 0 Å². The van der Waals surface area contributed by atoms with Crippen molar-refractivity contribution in [1.82, 2.24) is 14.8 Å². The Morgan fingerprint density at radius 3 is 2.54 bits per heavy atom. The Morgan fingerprint density at radius 2 is 1.93 bits per heavy atom. The van der Waals surface area contributed by atoms with E-state index in [4.69, 9.17) is 11.6 Å². The number of hydrogen-bond acceptors (Lipinski definition) is 3. The molecule has 0 saturated heterocycles. The molecule has 0 aliphatic carbocycles. The van der Waals surface area contributed by atoms with Gasteiger partial charge in [-0.25, -0.2) is 4.68 Å². The Bertz CT molecular complexity index is 1070. The first-order valence-corrected chi connectivity index (χ1v) is 8.38. The van der Waals surface area contributed by atoms with Crippen molar-refractivity contribution < 1.29 is 22.8 Å². The number of Topliss-reactive ketones (excluding diaryl/α,β-unsaturated/α-hetero) is 1. The van der Waals surface area contributed by atoms with Crippen LogP contribution in [0.3, 0.4) is 0 Å². The highest BCUT2D eigenvalue weighted by molar-refractivity contribution is 6.32. The second-order valence-corrected chi connectivity index (χ2v) is 6.47. The zero-order valence-corrected chi connectivity index (χ0v) is 15.4. The van der Waals surface area contributed by atoms with Gasteiger partial charge in [-0.2, -0.15) is 18.3 Å². The molecule has 2 aromatic heterocycles. The number of carbonyl (C=O) groups excluding carboxylic acids is 2. The number of hydrogen-bond donors (Lipinski definition) is 2. The number of rotatable bonds is 4. The van der Waals surface area contributed by atoms with Crippen LogP contribution in [0.15, 0.2) is 36.5 Å². The van der Waals surface area contributed by atoms with Crippen LogP contribution in [0.2, 0.25) is 5.02 Å². The monoisotopic (exact) mass is 410 g/mol. The van der Waals surface area contributed by atoms with Gasteiger partial charge in [0.1, 0.15) is 11.5 Å². The summed E-state index contributed by atoms with van der Waals surface area (Å²) in [6, 6.07) is 5.70. The van der Waals surface area contributed by atoms with Crippen LogP contribution in [-0.4, -0.2) is 26.5 Å². The highest BCUT2D eigenvalue weighted by Crippen LogP contribution is 2.34. The molecule has 0 saturated carbocycles. The summed E-state index contributed by atoms with van der Waals surface area (Å²) in [6.45, 7) is 2.98. The Hall–Kier alpha value is -3.07. The fourth-order valence-corrected chi connectivity index (χ4v) is 2.73. The van der Waals surface area contributed by atoms with Crippen LogP contribution in [0, 0.1) is 6.92 Å². The van der Waals surface area contributed by atoms with Gasteiger partial charge < -0.3 is 10.3 Å². The summed E-state index contributed by atoms with van der Waals surface area (Å²) >= 11 is 6.07. The minimum absolute atomic E-state index is 0.0317. The van der Waals surface area contributed by atoms with E-state index in [-0.39, 0.29) is 28.0 Å². The van der Waals surface area contributed by atoms with Gasteiger partial charge in [0.25, 0.3) is 5.91 Å². The molecule has 0 radical (unpaired) electrons. The molecule has 3 rings (SSSR count). The van der Waals surface area contributed by atoms with E-state index >= 15 is 0 Å². The summed E-state index contributed by atoms with van der Waals surface area (Å²) < 4.78 is 40.3. The van der Waals surface area contributed by atoms with E-state index in [2.05, 4.69) is 15.4 Å². The van der Waals surface area contributed by atoms with E-state index in [0.717, 1.165) is 22.9 Å². The van der Waals surface area contributed by atoms with E-state index < -0.39 is 17.6 Å². The van der Waals surface area contributed by atoms with Gasteiger partial charge in [-0.1, -0.05) is 11.6 Å². The molecule has 6 nitrogen and oxygen atoms in total. The van der Waals surface area contributed by atoms with E-state index in [1.807, 2.05) is 0 Å². The molecule has 0 aliphatic heterocycles. The lowest BCUT2D eigenvalue weighted by molar-refractivity contribution is -0.137. The predicted octanol–water partition coefficient (Wildman–Crippen LogP) is 4.64. The van der Waals surface area contributed by atoms with E-state index in [9.17, 15) is 22.8 Å². The third kappa shape index (κ3) is 3.94. The van der Waals surface area contributed by atoms with Crippen LogP contribution in [-0.2, 0) is 6.18 Å². The Labute approximate surface area is 162 Å². The number of aryl methyl sites for hydroxylation is 1. The fourth-order valence-electron chi connectivity index (χ4n) is 2.54. The maximum Gasteiger partial charge on any atom is 0.416 e. The van der Waals surface area contributed by atoms with Crippen molar-refractivity contribution in [3.63, 3.8) is 0 Å². The van der Waals surface area contributed by atoms with Gasteiger partial charge in [0.2, 0.25) is 0 Å². The first kappa shape index (κ1) is 19.7. The maximum atomic E-state index is 13.0. The quantitative estimate of drug-likeness (QED) is 0.615. The number of benzene rings is 1. The number of amides is 1. The molecule has 0 aliphatic rings. The molecule has 2 heterocycles. The first-order chi connectivity index (χ1) is 13.1. The molecule has 1 aromatic carbocycles. The largest absolute Gasteiger partial charge is 0.416 e. The molecule has 146 valence electrons. The van der Waals surface area contributed by atoms with Crippen molar-refractivity contribution in [2.24, 2.45) is 0 Å². The SMILES string of the molecule is CC(=O)c1c[nH]c(C(=O)Nc2cc(C)nn2-c2cc(C(F)(F)F)ccc2Cl)c1. The van der Waals surface area contributed by atoms with Crippen molar-refractivity contribution >= 4 is 29.1 Å². The molecule has 0 bridgehead atoms. The molecule has 28 heavy (non-hydrogen) atoms. The third-order valence-corrected chi connectivity index (χ3v) is 4.23. The molecule has 0 spiro atoms. The van der Waals surface area contributed by atoms with Crippen molar-refractivity contribution in [2.75, 3.05) is 5.32 Å². The third-order valence-electron chi connectivity index (χ3n) is 3.91. The zero-order valence-electron chi connectivity index (χ0n) is 14.7. The summed E-state index contributed by atoms with van der Waals surface area (Å²) in [7, 11) is 0. The van der Waals surface area contributed by atoms with Gasteiger partial charge >= 0.3 is 6.18 Å². The molecule has 2 N–H and O–H groups in total. The van der Waals surface area contributed by atoms with Crippen LogP contribution in [0.4, 0.5) is 19.0 Å². The number of aromatic amines is 1. The Kier molecular flexibility index (Phi) is 5.03. The molecule has 3 aromatic rings. The highest BCUT2D eigenvalue weighted by atomic mass is 35.5. The molecule has 0 unspecified atom stereocenters. The molecular formula is C18H14ClF3N4O2. The van der Waals surface area contributed by atoms with E-state index in [1.165, 1.54) is 25.3 Å². The number of anilines is 1. The summed E-state index contributed by atoms with van der Waals surface area (Å²) in [5.41, 5.74) is -0.0233. The van der Waals surface area contributed by atoms with Crippen LogP contribution >= 0.6 is 11.6 Å². The maximum absolute atomic E-state index is 13.0. The lowest BCUT2D eigenvalue weighted by Crippen LogP contribution is -2.16. The highest BCUT2D eigenvalue weighted by Gasteiger charge is 2.31. The second kappa shape index (κ2) is 7.16. The van der Waals surface area contributed by atoms with Crippen LogP contribution in [0.1, 0.15) is 39.0 Å². The van der Waals surface area contributed by atoms with E-state index in [0.29, 0.717) is 11.3 Å². The number of nitrogens with one attached hydrogen (secondary N) is 2. The molecule has 0 fully saturated rings. The number of halogens is 4. The summed E-state index contributed by atoms with van der Waals surface area (Å²) in [5.74, 6) is -0.675. The first-order valence-electron chi connectivity index (χ1n) is 8.01. The topological polar surface area (TPSA) is 79.8 Å². The Balaban J connectivity index is 1.98. The number of carbonyl (C=O) groups is 2. The number of H-pyrrole nitrogens is 1. The van der Waals surface area contributed by atoms with Gasteiger partial charge in [0.15, 0.2) is 5.78 Å². The predicted molar refractivity (Wildman–Crippen MR) is 97.1 cm³/mol. The number of nitrogens with zero attached hydrogens (tertiary/aromatic N) is 2. The molecule has 1 amide bonds. The molecular weight excluding hydrogens is 397 g/mol. The number of ketones is 1.